The van der Waals surface area contributed by atoms with E-state index in [0.717, 1.165) is 22.4 Å². The summed E-state index contributed by atoms with van der Waals surface area (Å²) in [5, 5.41) is 2.96. The van der Waals surface area contributed by atoms with Crippen LogP contribution in [0.15, 0.2) is 53.4 Å². The molecule has 0 aromatic heterocycles. The fraction of sp³-hybridized carbons (Fsp3) is 0.417. The molecule has 0 saturated carbocycles. The van der Waals surface area contributed by atoms with Crippen LogP contribution in [0, 0.1) is 13.8 Å². The molecule has 0 aliphatic heterocycles. The third-order valence-corrected chi connectivity index (χ3v) is 5.75. The summed E-state index contributed by atoms with van der Waals surface area (Å²) < 4.78 is 0. The first-order chi connectivity index (χ1) is 13.9. The van der Waals surface area contributed by atoms with E-state index in [9.17, 15) is 9.59 Å². The predicted molar refractivity (Wildman–Crippen MR) is 121 cm³/mol. The zero-order valence-electron chi connectivity index (χ0n) is 17.9. The van der Waals surface area contributed by atoms with Gasteiger partial charge in [0.05, 0.1) is 5.75 Å². The van der Waals surface area contributed by atoms with Gasteiger partial charge in [0.15, 0.2) is 0 Å². The Labute approximate surface area is 179 Å². The van der Waals surface area contributed by atoms with E-state index in [-0.39, 0.29) is 11.8 Å². The van der Waals surface area contributed by atoms with Crippen molar-refractivity contribution < 1.29 is 9.59 Å². The van der Waals surface area contributed by atoms with E-state index in [1.807, 2.05) is 70.2 Å². The average molecular weight is 413 g/mol. The summed E-state index contributed by atoms with van der Waals surface area (Å²) in [6.45, 7) is 9.12. The molecule has 0 saturated heterocycles. The molecule has 29 heavy (non-hydrogen) atoms. The van der Waals surface area contributed by atoms with Crippen molar-refractivity contribution in [1.29, 1.82) is 0 Å². The largest absolute Gasteiger partial charge is 0.354 e. The first kappa shape index (κ1) is 23.0. The second kappa shape index (κ2) is 11.7. The number of aryl methyl sites for hydroxylation is 2. The Morgan fingerprint density at radius 2 is 1.76 bits per heavy atom. The molecular weight excluding hydrogens is 380 g/mol. The highest BCUT2D eigenvalue weighted by Crippen LogP contribution is 2.21. The Hall–Kier alpha value is -2.27. The van der Waals surface area contributed by atoms with Crippen LogP contribution in [0.25, 0.3) is 0 Å². The number of carbonyl (C=O) groups is 2. The van der Waals surface area contributed by atoms with Crippen molar-refractivity contribution in [3.63, 3.8) is 0 Å². The van der Waals surface area contributed by atoms with Gasteiger partial charge in [0, 0.05) is 18.0 Å². The third-order valence-electron chi connectivity index (χ3n) is 4.75. The predicted octanol–water partition coefficient (Wildman–Crippen LogP) is 4.73. The maximum absolute atomic E-state index is 13.2. The van der Waals surface area contributed by atoms with Crippen LogP contribution >= 0.6 is 11.8 Å². The molecule has 0 aliphatic carbocycles. The van der Waals surface area contributed by atoms with Gasteiger partial charge in [-0.3, -0.25) is 9.59 Å². The Kier molecular flexibility index (Phi) is 9.26. The maximum Gasteiger partial charge on any atom is 0.242 e. The highest BCUT2D eigenvalue weighted by atomic mass is 32.2. The molecule has 0 bridgehead atoms. The van der Waals surface area contributed by atoms with Crippen LogP contribution in [-0.2, 0) is 16.1 Å². The lowest BCUT2D eigenvalue weighted by Crippen LogP contribution is -2.49. The molecule has 0 radical (unpaired) electrons. The number of amides is 2. The van der Waals surface area contributed by atoms with Crippen LogP contribution in [0.5, 0.6) is 0 Å². The summed E-state index contributed by atoms with van der Waals surface area (Å²) in [6, 6.07) is 15.8. The van der Waals surface area contributed by atoms with E-state index in [0.29, 0.717) is 25.3 Å². The normalized spacial score (nSPS) is 11.7. The zero-order valence-corrected chi connectivity index (χ0v) is 18.7. The molecule has 156 valence electrons. The number of rotatable bonds is 10. The molecule has 2 amide bonds. The second-order valence-electron chi connectivity index (χ2n) is 7.33. The van der Waals surface area contributed by atoms with Gasteiger partial charge in [-0.05, 0) is 44.4 Å². The molecule has 2 rings (SSSR count). The van der Waals surface area contributed by atoms with E-state index in [2.05, 4.69) is 11.4 Å². The molecule has 1 N–H and O–H groups in total. The smallest absolute Gasteiger partial charge is 0.242 e. The minimum absolute atomic E-state index is 0.0180. The quantitative estimate of drug-likeness (QED) is 0.574. The first-order valence-corrected chi connectivity index (χ1v) is 11.2. The highest BCUT2D eigenvalue weighted by Gasteiger charge is 2.28. The van der Waals surface area contributed by atoms with Crippen LogP contribution in [0.2, 0.25) is 0 Å². The number of nitrogens with zero attached hydrogens (tertiary/aromatic N) is 1. The van der Waals surface area contributed by atoms with Crippen LogP contribution in [0.4, 0.5) is 0 Å². The number of nitrogens with one attached hydrogen (secondary N) is 1. The van der Waals surface area contributed by atoms with Gasteiger partial charge in [-0.1, -0.05) is 61.4 Å². The molecule has 0 heterocycles. The minimum atomic E-state index is -0.465. The SMILES string of the molecule is CCCNC(=O)[C@H](CC)N(Cc1cccc(C)c1)C(=O)CSc1ccc(C)cc1. The number of thioether (sulfide) groups is 1. The average Bonchev–Trinajstić information content (AvgIpc) is 2.71. The summed E-state index contributed by atoms with van der Waals surface area (Å²) in [7, 11) is 0. The van der Waals surface area contributed by atoms with Gasteiger partial charge in [0.25, 0.3) is 0 Å². The van der Waals surface area contributed by atoms with Crippen molar-refractivity contribution in [2.75, 3.05) is 12.3 Å². The van der Waals surface area contributed by atoms with Crippen LogP contribution < -0.4 is 5.32 Å². The summed E-state index contributed by atoms with van der Waals surface area (Å²) in [5.41, 5.74) is 3.38. The number of hydrogen-bond acceptors (Lipinski definition) is 3. The van der Waals surface area contributed by atoms with Crippen LogP contribution in [0.1, 0.15) is 43.4 Å². The molecule has 4 nitrogen and oxygen atoms in total. The first-order valence-electron chi connectivity index (χ1n) is 10.3. The topological polar surface area (TPSA) is 49.4 Å². The van der Waals surface area contributed by atoms with Crippen molar-refractivity contribution in [2.45, 2.75) is 58.0 Å². The lowest BCUT2D eigenvalue weighted by Gasteiger charge is -2.30. The van der Waals surface area contributed by atoms with E-state index in [1.54, 1.807) is 4.90 Å². The highest BCUT2D eigenvalue weighted by molar-refractivity contribution is 8.00. The summed E-state index contributed by atoms with van der Waals surface area (Å²) in [4.78, 5) is 28.7. The van der Waals surface area contributed by atoms with Crippen molar-refractivity contribution in [2.24, 2.45) is 0 Å². The lowest BCUT2D eigenvalue weighted by molar-refractivity contribution is -0.139. The molecular formula is C24H32N2O2S. The number of hydrogen-bond donors (Lipinski definition) is 1. The summed E-state index contributed by atoms with van der Waals surface area (Å²) in [6.07, 6.45) is 1.46. The maximum atomic E-state index is 13.2. The fourth-order valence-electron chi connectivity index (χ4n) is 3.16. The van der Waals surface area contributed by atoms with Crippen molar-refractivity contribution in [1.82, 2.24) is 10.2 Å². The molecule has 0 unspecified atom stereocenters. The van der Waals surface area contributed by atoms with Gasteiger partial charge < -0.3 is 10.2 Å². The molecule has 0 fully saturated rings. The Balaban J connectivity index is 2.17. The van der Waals surface area contributed by atoms with E-state index in [1.165, 1.54) is 17.3 Å². The van der Waals surface area contributed by atoms with E-state index < -0.39 is 6.04 Å². The van der Waals surface area contributed by atoms with Crippen LogP contribution in [0.3, 0.4) is 0 Å². The molecule has 5 heteroatoms. The fourth-order valence-corrected chi connectivity index (χ4v) is 3.94. The van der Waals surface area contributed by atoms with Gasteiger partial charge in [-0.25, -0.2) is 0 Å². The van der Waals surface area contributed by atoms with Crippen molar-refractivity contribution in [3.05, 3.63) is 65.2 Å². The van der Waals surface area contributed by atoms with E-state index >= 15 is 0 Å². The van der Waals surface area contributed by atoms with Crippen molar-refractivity contribution in [3.8, 4) is 0 Å². The number of benzene rings is 2. The van der Waals surface area contributed by atoms with Gasteiger partial charge in [-0.15, -0.1) is 11.8 Å². The van der Waals surface area contributed by atoms with Gasteiger partial charge in [0.1, 0.15) is 6.04 Å². The zero-order chi connectivity index (χ0) is 21.2. The molecule has 0 spiro atoms. The van der Waals surface area contributed by atoms with E-state index in [4.69, 9.17) is 0 Å². The lowest BCUT2D eigenvalue weighted by atomic mass is 10.1. The Bertz CT molecular complexity index is 805. The molecule has 0 aliphatic rings. The Morgan fingerprint density at radius 3 is 2.38 bits per heavy atom. The van der Waals surface area contributed by atoms with Crippen molar-refractivity contribution >= 4 is 23.6 Å². The summed E-state index contributed by atoms with van der Waals surface area (Å²) >= 11 is 1.51. The standard InChI is InChI=1S/C24H32N2O2S/c1-5-14-25-24(28)22(6-2)26(16-20-9-7-8-19(4)15-20)23(27)17-29-21-12-10-18(3)11-13-21/h7-13,15,22H,5-6,14,16-17H2,1-4H3,(H,25,28)/t22-/m0/s1. The van der Waals surface area contributed by atoms with Gasteiger partial charge in [0.2, 0.25) is 11.8 Å². The number of carbonyl (C=O) groups excluding carboxylic acids is 2. The molecule has 1 atom stereocenters. The van der Waals surface area contributed by atoms with Gasteiger partial charge in [-0.2, -0.15) is 0 Å². The minimum Gasteiger partial charge on any atom is -0.354 e. The summed E-state index contributed by atoms with van der Waals surface area (Å²) in [5.74, 6) is 0.221. The molecule has 2 aromatic rings. The van der Waals surface area contributed by atoms with Gasteiger partial charge >= 0.3 is 0 Å². The third kappa shape index (κ3) is 7.24. The monoisotopic (exact) mass is 412 g/mol. The van der Waals surface area contributed by atoms with Crippen LogP contribution in [-0.4, -0.2) is 35.1 Å². The molecule has 2 aromatic carbocycles. The Morgan fingerprint density at radius 1 is 1.03 bits per heavy atom. The second-order valence-corrected chi connectivity index (χ2v) is 8.38.